The molecule has 28 heavy (non-hydrogen) atoms. The van der Waals surface area contributed by atoms with Gasteiger partial charge in [0.25, 0.3) is 5.91 Å². The van der Waals surface area contributed by atoms with E-state index in [1.807, 2.05) is 13.8 Å². The van der Waals surface area contributed by atoms with Crippen LogP contribution >= 0.6 is 0 Å². The lowest BCUT2D eigenvalue weighted by molar-refractivity contribution is -0.146. The molecule has 0 radical (unpaired) electrons. The monoisotopic (exact) mass is 384 g/mol. The van der Waals surface area contributed by atoms with Crippen LogP contribution in [0.5, 0.6) is 0 Å². The van der Waals surface area contributed by atoms with E-state index in [9.17, 15) is 14.4 Å². The normalized spacial score (nSPS) is 10.2. The number of carbonyl (C=O) groups excluding carboxylic acids is 3. The summed E-state index contributed by atoms with van der Waals surface area (Å²) in [6.45, 7) is 3.87. The first kappa shape index (κ1) is 21.1. The molecule has 0 unspecified atom stereocenters. The Labute approximate surface area is 164 Å². The van der Waals surface area contributed by atoms with E-state index in [1.54, 1.807) is 42.6 Å². The van der Waals surface area contributed by atoms with Crippen LogP contribution in [-0.2, 0) is 25.5 Å². The van der Waals surface area contributed by atoms with E-state index in [0.717, 1.165) is 24.1 Å². The number of ether oxygens (including phenoxy) is 2. The highest BCUT2D eigenvalue weighted by Gasteiger charge is 2.10. The Morgan fingerprint density at radius 2 is 1.79 bits per heavy atom. The number of rotatable bonds is 9. The Morgan fingerprint density at radius 1 is 1.04 bits per heavy atom. The number of pyridine rings is 1. The summed E-state index contributed by atoms with van der Waals surface area (Å²) in [7, 11) is 0. The third-order valence-electron chi connectivity index (χ3n) is 3.82. The van der Waals surface area contributed by atoms with Crippen LogP contribution in [0.15, 0.2) is 42.6 Å². The number of anilines is 1. The van der Waals surface area contributed by atoms with Crippen LogP contribution in [0.25, 0.3) is 0 Å². The molecular formula is C21H24N2O5. The topological polar surface area (TPSA) is 94.6 Å². The molecule has 1 heterocycles. The minimum atomic E-state index is -0.508. The van der Waals surface area contributed by atoms with E-state index in [1.165, 1.54) is 0 Å². The fourth-order valence-electron chi connectivity index (χ4n) is 2.25. The Morgan fingerprint density at radius 3 is 2.43 bits per heavy atom. The zero-order chi connectivity index (χ0) is 20.4. The van der Waals surface area contributed by atoms with Crippen molar-refractivity contribution in [2.24, 2.45) is 0 Å². The second kappa shape index (κ2) is 10.8. The molecule has 1 aromatic heterocycles. The van der Waals surface area contributed by atoms with Gasteiger partial charge >= 0.3 is 11.9 Å². The average Bonchev–Trinajstić information content (AvgIpc) is 2.69. The number of nitrogens with zero attached hydrogens (tertiary/aromatic N) is 1. The SMILES string of the molecule is CCCCOC(=O)c1ccc(NC(=O)COC(=O)Cc2ccc(C)nc2)cc1. The molecule has 0 aliphatic heterocycles. The zero-order valence-corrected chi connectivity index (χ0v) is 16.1. The molecule has 0 spiro atoms. The van der Waals surface area contributed by atoms with Gasteiger partial charge in [0.2, 0.25) is 0 Å². The van der Waals surface area contributed by atoms with E-state index in [2.05, 4.69) is 10.3 Å². The summed E-state index contributed by atoms with van der Waals surface area (Å²) >= 11 is 0. The Hall–Kier alpha value is -3.22. The van der Waals surface area contributed by atoms with Crippen LogP contribution < -0.4 is 5.32 Å². The van der Waals surface area contributed by atoms with Crippen LogP contribution in [-0.4, -0.2) is 36.0 Å². The lowest BCUT2D eigenvalue weighted by Gasteiger charge is -2.08. The molecular weight excluding hydrogens is 360 g/mol. The van der Waals surface area contributed by atoms with Crippen molar-refractivity contribution < 1.29 is 23.9 Å². The van der Waals surface area contributed by atoms with Crippen molar-refractivity contribution in [3.8, 4) is 0 Å². The summed E-state index contributed by atoms with van der Waals surface area (Å²) in [4.78, 5) is 39.6. The first-order valence-corrected chi connectivity index (χ1v) is 9.12. The molecule has 7 nitrogen and oxygen atoms in total. The van der Waals surface area contributed by atoms with Gasteiger partial charge in [-0.25, -0.2) is 4.79 Å². The smallest absolute Gasteiger partial charge is 0.338 e. The van der Waals surface area contributed by atoms with Crippen molar-refractivity contribution in [2.75, 3.05) is 18.5 Å². The third kappa shape index (κ3) is 7.19. The average molecular weight is 384 g/mol. The van der Waals surface area contributed by atoms with Crippen molar-refractivity contribution in [2.45, 2.75) is 33.1 Å². The van der Waals surface area contributed by atoms with E-state index < -0.39 is 17.8 Å². The van der Waals surface area contributed by atoms with Gasteiger partial charge in [0, 0.05) is 17.6 Å². The number of esters is 2. The maximum atomic E-state index is 11.9. The second-order valence-corrected chi connectivity index (χ2v) is 6.26. The Bertz CT molecular complexity index is 801. The van der Waals surface area contributed by atoms with Crippen LogP contribution in [0.1, 0.15) is 41.4 Å². The van der Waals surface area contributed by atoms with Gasteiger partial charge in [-0.15, -0.1) is 0 Å². The summed E-state index contributed by atoms with van der Waals surface area (Å²) < 4.78 is 10.1. The number of carbonyl (C=O) groups is 3. The number of benzene rings is 1. The van der Waals surface area contributed by atoms with Crippen LogP contribution in [0.2, 0.25) is 0 Å². The van der Waals surface area contributed by atoms with E-state index in [4.69, 9.17) is 9.47 Å². The van der Waals surface area contributed by atoms with E-state index >= 15 is 0 Å². The Kier molecular flexibility index (Phi) is 8.14. The molecule has 0 aliphatic carbocycles. The zero-order valence-electron chi connectivity index (χ0n) is 16.1. The predicted octanol–water partition coefficient (Wildman–Crippen LogP) is 3.07. The van der Waals surface area contributed by atoms with Crippen molar-refractivity contribution in [1.82, 2.24) is 4.98 Å². The lowest BCUT2D eigenvalue weighted by Crippen LogP contribution is -2.21. The largest absolute Gasteiger partial charge is 0.462 e. The number of aryl methyl sites for hydroxylation is 1. The van der Waals surface area contributed by atoms with Gasteiger partial charge in [0.05, 0.1) is 18.6 Å². The minimum absolute atomic E-state index is 0.0510. The first-order valence-electron chi connectivity index (χ1n) is 9.12. The highest BCUT2D eigenvalue weighted by Crippen LogP contribution is 2.11. The highest BCUT2D eigenvalue weighted by atomic mass is 16.5. The molecule has 2 rings (SSSR count). The highest BCUT2D eigenvalue weighted by molar-refractivity contribution is 5.94. The number of hydrogen-bond donors (Lipinski definition) is 1. The van der Waals surface area contributed by atoms with Crippen LogP contribution in [0, 0.1) is 6.92 Å². The number of nitrogens with one attached hydrogen (secondary N) is 1. The van der Waals surface area contributed by atoms with E-state index in [-0.39, 0.29) is 13.0 Å². The minimum Gasteiger partial charge on any atom is -0.462 e. The lowest BCUT2D eigenvalue weighted by atomic mass is 10.2. The fourth-order valence-corrected chi connectivity index (χ4v) is 2.25. The number of amides is 1. The quantitative estimate of drug-likeness (QED) is 0.527. The van der Waals surface area contributed by atoms with Gasteiger partial charge in [-0.1, -0.05) is 19.4 Å². The molecule has 1 aromatic carbocycles. The summed E-state index contributed by atoms with van der Waals surface area (Å²) in [6.07, 6.45) is 3.42. The Balaban J connectivity index is 1.75. The summed E-state index contributed by atoms with van der Waals surface area (Å²) in [5, 5.41) is 2.61. The molecule has 0 saturated heterocycles. The third-order valence-corrected chi connectivity index (χ3v) is 3.82. The molecule has 0 aliphatic rings. The van der Waals surface area contributed by atoms with Gasteiger partial charge in [-0.3, -0.25) is 14.6 Å². The molecule has 2 aromatic rings. The molecule has 1 N–H and O–H groups in total. The molecule has 7 heteroatoms. The van der Waals surface area contributed by atoms with Crippen LogP contribution in [0.4, 0.5) is 5.69 Å². The van der Waals surface area contributed by atoms with Gasteiger partial charge in [-0.05, 0) is 49.2 Å². The second-order valence-electron chi connectivity index (χ2n) is 6.26. The van der Waals surface area contributed by atoms with Crippen molar-refractivity contribution >= 4 is 23.5 Å². The van der Waals surface area contributed by atoms with Crippen molar-refractivity contribution in [3.63, 3.8) is 0 Å². The molecule has 1 amide bonds. The van der Waals surface area contributed by atoms with Gasteiger partial charge in [0.15, 0.2) is 6.61 Å². The summed E-state index contributed by atoms with van der Waals surface area (Å²) in [5.41, 5.74) is 2.48. The number of aromatic nitrogens is 1. The van der Waals surface area contributed by atoms with Crippen molar-refractivity contribution in [3.05, 3.63) is 59.4 Å². The molecule has 0 fully saturated rings. The molecule has 0 saturated carbocycles. The van der Waals surface area contributed by atoms with Gasteiger partial charge < -0.3 is 14.8 Å². The van der Waals surface area contributed by atoms with Gasteiger partial charge in [0.1, 0.15) is 0 Å². The summed E-state index contributed by atoms with van der Waals surface area (Å²) in [5.74, 6) is -1.37. The first-order chi connectivity index (χ1) is 13.5. The summed E-state index contributed by atoms with van der Waals surface area (Å²) in [6, 6.07) is 9.92. The predicted molar refractivity (Wildman–Crippen MR) is 104 cm³/mol. The maximum absolute atomic E-state index is 11.9. The fraction of sp³-hybridized carbons (Fsp3) is 0.333. The maximum Gasteiger partial charge on any atom is 0.338 e. The molecule has 0 bridgehead atoms. The number of hydrogen-bond acceptors (Lipinski definition) is 6. The van der Waals surface area contributed by atoms with E-state index in [0.29, 0.717) is 17.9 Å². The molecule has 0 atom stereocenters. The van der Waals surface area contributed by atoms with Crippen molar-refractivity contribution in [1.29, 1.82) is 0 Å². The molecule has 148 valence electrons. The standard InChI is InChI=1S/C21H24N2O5/c1-3-4-11-27-21(26)17-7-9-18(10-8-17)23-19(24)14-28-20(25)12-16-6-5-15(2)22-13-16/h5-10,13H,3-4,11-12,14H2,1-2H3,(H,23,24). The van der Waals surface area contributed by atoms with Gasteiger partial charge in [-0.2, -0.15) is 0 Å². The number of unbranched alkanes of at least 4 members (excludes halogenated alkanes) is 1. The van der Waals surface area contributed by atoms with Crippen LogP contribution in [0.3, 0.4) is 0 Å².